The van der Waals surface area contributed by atoms with E-state index in [0.717, 1.165) is 35.3 Å². The zero-order valence-electron chi connectivity index (χ0n) is 10.5. The second-order valence-electron chi connectivity index (χ2n) is 4.30. The summed E-state index contributed by atoms with van der Waals surface area (Å²) in [5.41, 5.74) is 5.31. The molecule has 0 spiro atoms. The molecule has 0 aliphatic carbocycles. The summed E-state index contributed by atoms with van der Waals surface area (Å²) < 4.78 is 2.13. The Hall–Kier alpha value is -1.83. The number of aryl methyl sites for hydroxylation is 2. The molecule has 2 rings (SSSR count). The first-order chi connectivity index (χ1) is 8.17. The molecule has 0 saturated heterocycles. The quantitative estimate of drug-likeness (QED) is 0.736. The molecule has 0 fully saturated rings. The smallest absolute Gasteiger partial charge is 0.151 e. The molecular formula is C15H17NO. The normalized spacial score (nSPS) is 10.5. The number of aldehydes is 1. The van der Waals surface area contributed by atoms with Crippen molar-refractivity contribution < 1.29 is 4.79 Å². The first kappa shape index (κ1) is 11.6. The third kappa shape index (κ3) is 2.03. The number of carbonyl (C=O) groups excluding carboxylic acids is 1. The summed E-state index contributed by atoms with van der Waals surface area (Å²) in [4.78, 5) is 10.9. The Balaban J connectivity index is 2.59. The van der Waals surface area contributed by atoms with Crippen molar-refractivity contribution in [3.8, 4) is 5.69 Å². The average molecular weight is 227 g/mol. The molecule has 17 heavy (non-hydrogen) atoms. The molecule has 0 aliphatic heterocycles. The van der Waals surface area contributed by atoms with Gasteiger partial charge in [0.2, 0.25) is 0 Å². The predicted molar refractivity (Wildman–Crippen MR) is 70.0 cm³/mol. The summed E-state index contributed by atoms with van der Waals surface area (Å²) in [5.74, 6) is 0. The van der Waals surface area contributed by atoms with Gasteiger partial charge in [0.05, 0.1) is 0 Å². The fourth-order valence-electron chi connectivity index (χ4n) is 2.22. The van der Waals surface area contributed by atoms with Crippen molar-refractivity contribution in [2.45, 2.75) is 27.2 Å². The molecule has 0 saturated carbocycles. The molecule has 0 aliphatic rings. The van der Waals surface area contributed by atoms with E-state index in [4.69, 9.17) is 0 Å². The van der Waals surface area contributed by atoms with E-state index in [9.17, 15) is 4.79 Å². The summed E-state index contributed by atoms with van der Waals surface area (Å²) in [6.45, 7) is 6.15. The Bertz CT molecular complexity index is 552. The minimum atomic E-state index is 0.768. The maximum absolute atomic E-state index is 10.9. The van der Waals surface area contributed by atoms with Gasteiger partial charge in [-0.25, -0.2) is 0 Å². The van der Waals surface area contributed by atoms with Crippen LogP contribution in [0.15, 0.2) is 30.3 Å². The van der Waals surface area contributed by atoms with Gasteiger partial charge in [0, 0.05) is 22.6 Å². The van der Waals surface area contributed by atoms with Gasteiger partial charge in [0.15, 0.2) is 6.29 Å². The Morgan fingerprint density at radius 1 is 1.24 bits per heavy atom. The molecular weight excluding hydrogens is 210 g/mol. The zero-order valence-corrected chi connectivity index (χ0v) is 10.5. The first-order valence-electron chi connectivity index (χ1n) is 5.90. The van der Waals surface area contributed by atoms with Gasteiger partial charge in [-0.1, -0.05) is 19.1 Å². The van der Waals surface area contributed by atoms with E-state index in [0.29, 0.717) is 0 Å². The Labute approximate surface area is 102 Å². The van der Waals surface area contributed by atoms with Crippen LogP contribution in [0.5, 0.6) is 0 Å². The van der Waals surface area contributed by atoms with Crippen molar-refractivity contribution in [1.29, 1.82) is 0 Å². The van der Waals surface area contributed by atoms with E-state index in [1.807, 2.05) is 19.9 Å². The van der Waals surface area contributed by atoms with E-state index in [-0.39, 0.29) is 0 Å². The van der Waals surface area contributed by atoms with Gasteiger partial charge >= 0.3 is 0 Å². The lowest BCUT2D eigenvalue weighted by Gasteiger charge is -2.10. The minimum absolute atomic E-state index is 0.768. The summed E-state index contributed by atoms with van der Waals surface area (Å²) in [5, 5.41) is 0. The van der Waals surface area contributed by atoms with Gasteiger partial charge in [-0.05, 0) is 44.0 Å². The fourth-order valence-corrected chi connectivity index (χ4v) is 2.22. The molecule has 0 unspecified atom stereocenters. The van der Waals surface area contributed by atoms with Crippen molar-refractivity contribution in [3.63, 3.8) is 0 Å². The third-order valence-corrected chi connectivity index (χ3v) is 3.17. The Kier molecular flexibility index (Phi) is 3.14. The zero-order chi connectivity index (χ0) is 12.4. The highest BCUT2D eigenvalue weighted by Gasteiger charge is 2.09. The SMILES string of the molecule is CCc1cccc(-n2c(C)cc(C=O)c2C)c1. The molecule has 0 bridgehead atoms. The minimum Gasteiger partial charge on any atom is -0.318 e. The number of hydrogen-bond acceptors (Lipinski definition) is 1. The maximum atomic E-state index is 10.9. The second kappa shape index (κ2) is 4.58. The molecule has 2 aromatic rings. The van der Waals surface area contributed by atoms with Crippen LogP contribution in [0.25, 0.3) is 5.69 Å². The third-order valence-electron chi connectivity index (χ3n) is 3.17. The van der Waals surface area contributed by atoms with Crippen LogP contribution in [-0.4, -0.2) is 10.9 Å². The highest BCUT2D eigenvalue weighted by Crippen LogP contribution is 2.20. The number of hydrogen-bond donors (Lipinski definition) is 0. The monoisotopic (exact) mass is 227 g/mol. The molecule has 0 N–H and O–H groups in total. The van der Waals surface area contributed by atoms with Crippen LogP contribution in [0.2, 0.25) is 0 Å². The number of aromatic nitrogens is 1. The molecule has 0 amide bonds. The van der Waals surface area contributed by atoms with Gasteiger partial charge in [-0.3, -0.25) is 4.79 Å². The highest BCUT2D eigenvalue weighted by molar-refractivity contribution is 5.77. The van der Waals surface area contributed by atoms with E-state index in [1.165, 1.54) is 5.56 Å². The molecule has 2 nitrogen and oxygen atoms in total. The molecule has 1 aromatic heterocycles. The van der Waals surface area contributed by atoms with Crippen molar-refractivity contribution >= 4 is 6.29 Å². The lowest BCUT2D eigenvalue weighted by molar-refractivity contribution is 0.112. The number of carbonyl (C=O) groups is 1. The van der Waals surface area contributed by atoms with Gasteiger partial charge in [0.1, 0.15) is 0 Å². The van der Waals surface area contributed by atoms with Crippen LogP contribution in [-0.2, 0) is 6.42 Å². The molecule has 0 atom stereocenters. The largest absolute Gasteiger partial charge is 0.318 e. The van der Waals surface area contributed by atoms with E-state index in [1.54, 1.807) is 0 Å². The van der Waals surface area contributed by atoms with Crippen molar-refractivity contribution in [2.75, 3.05) is 0 Å². The predicted octanol–water partition coefficient (Wildman–Crippen LogP) is 3.47. The Morgan fingerprint density at radius 2 is 2.00 bits per heavy atom. The van der Waals surface area contributed by atoms with Gasteiger partial charge in [0.25, 0.3) is 0 Å². The summed E-state index contributed by atoms with van der Waals surface area (Å²) in [7, 11) is 0. The van der Waals surface area contributed by atoms with Crippen molar-refractivity contribution in [1.82, 2.24) is 4.57 Å². The number of nitrogens with zero attached hydrogens (tertiary/aromatic N) is 1. The van der Waals surface area contributed by atoms with Crippen LogP contribution in [0.4, 0.5) is 0 Å². The standard InChI is InChI=1S/C15H17NO/c1-4-13-6-5-7-15(9-13)16-11(2)8-14(10-17)12(16)3/h5-10H,4H2,1-3H3. The van der Waals surface area contributed by atoms with Crippen LogP contribution in [0.1, 0.15) is 34.2 Å². The van der Waals surface area contributed by atoms with Gasteiger partial charge < -0.3 is 4.57 Å². The van der Waals surface area contributed by atoms with E-state index in [2.05, 4.69) is 35.8 Å². The first-order valence-corrected chi connectivity index (χ1v) is 5.90. The second-order valence-corrected chi connectivity index (χ2v) is 4.30. The molecule has 2 heteroatoms. The highest BCUT2D eigenvalue weighted by atomic mass is 16.1. The van der Waals surface area contributed by atoms with E-state index >= 15 is 0 Å². The van der Waals surface area contributed by atoms with Gasteiger partial charge in [-0.2, -0.15) is 0 Å². The lowest BCUT2D eigenvalue weighted by atomic mass is 10.1. The number of rotatable bonds is 3. The van der Waals surface area contributed by atoms with Crippen molar-refractivity contribution in [2.24, 2.45) is 0 Å². The lowest BCUT2D eigenvalue weighted by Crippen LogP contribution is -2.00. The molecule has 1 heterocycles. The Morgan fingerprint density at radius 3 is 2.59 bits per heavy atom. The topological polar surface area (TPSA) is 22.0 Å². The van der Waals surface area contributed by atoms with Crippen LogP contribution in [0, 0.1) is 13.8 Å². The fraction of sp³-hybridized carbons (Fsp3) is 0.267. The summed E-state index contributed by atoms with van der Waals surface area (Å²) >= 11 is 0. The van der Waals surface area contributed by atoms with Gasteiger partial charge in [-0.15, -0.1) is 0 Å². The summed E-state index contributed by atoms with van der Waals surface area (Å²) in [6, 6.07) is 10.4. The van der Waals surface area contributed by atoms with Crippen LogP contribution in [0.3, 0.4) is 0 Å². The molecule has 0 radical (unpaired) electrons. The van der Waals surface area contributed by atoms with Crippen molar-refractivity contribution in [3.05, 3.63) is 52.8 Å². The molecule has 88 valence electrons. The van der Waals surface area contributed by atoms with Crippen LogP contribution < -0.4 is 0 Å². The molecule has 1 aromatic carbocycles. The average Bonchev–Trinajstić information content (AvgIpc) is 2.64. The summed E-state index contributed by atoms with van der Waals surface area (Å²) in [6.07, 6.45) is 1.94. The van der Waals surface area contributed by atoms with E-state index < -0.39 is 0 Å². The van der Waals surface area contributed by atoms with Crippen LogP contribution >= 0.6 is 0 Å². The number of benzene rings is 1. The maximum Gasteiger partial charge on any atom is 0.151 e.